The molecule has 7 heteroatoms. The normalized spacial score (nSPS) is 19.2. The predicted molar refractivity (Wildman–Crippen MR) is 92.5 cm³/mol. The zero-order valence-electron chi connectivity index (χ0n) is 13.1. The number of piperazine rings is 1. The molecule has 22 heavy (non-hydrogen) atoms. The van der Waals surface area contributed by atoms with Crippen LogP contribution in [0.2, 0.25) is 0 Å². The van der Waals surface area contributed by atoms with Crippen LogP contribution in [0.5, 0.6) is 0 Å². The van der Waals surface area contributed by atoms with Gasteiger partial charge in [0.1, 0.15) is 0 Å². The van der Waals surface area contributed by atoms with E-state index in [1.54, 1.807) is 24.3 Å². The van der Waals surface area contributed by atoms with E-state index >= 15 is 0 Å². The lowest BCUT2D eigenvalue weighted by Gasteiger charge is -2.37. The molecule has 0 unspecified atom stereocenters. The van der Waals surface area contributed by atoms with Gasteiger partial charge in [-0.05, 0) is 37.7 Å². The van der Waals surface area contributed by atoms with E-state index < -0.39 is 10.0 Å². The van der Waals surface area contributed by atoms with Crippen LogP contribution >= 0.6 is 15.9 Å². The van der Waals surface area contributed by atoms with E-state index in [-0.39, 0.29) is 6.04 Å². The zero-order chi connectivity index (χ0) is 16.2. The molecule has 0 aliphatic carbocycles. The third-order valence-electron chi connectivity index (χ3n) is 4.17. The van der Waals surface area contributed by atoms with Crippen molar-refractivity contribution in [2.45, 2.75) is 24.8 Å². The average molecular weight is 390 g/mol. The largest absolute Gasteiger partial charge is 0.301 e. The Kier molecular flexibility index (Phi) is 6.40. The van der Waals surface area contributed by atoms with Crippen molar-refractivity contribution in [2.24, 2.45) is 0 Å². The maximum atomic E-state index is 12.3. The summed E-state index contributed by atoms with van der Waals surface area (Å²) < 4.78 is 28.1. The van der Waals surface area contributed by atoms with Crippen LogP contribution < -0.4 is 4.72 Å². The quantitative estimate of drug-likeness (QED) is 0.804. The number of nitrogens with zero attached hydrogens (tertiary/aromatic N) is 2. The van der Waals surface area contributed by atoms with Crippen molar-refractivity contribution in [1.82, 2.24) is 14.5 Å². The van der Waals surface area contributed by atoms with Gasteiger partial charge in [-0.15, -0.1) is 0 Å². The molecule has 2 rings (SSSR count). The monoisotopic (exact) mass is 389 g/mol. The molecule has 0 saturated carbocycles. The fourth-order valence-electron chi connectivity index (χ4n) is 2.58. The van der Waals surface area contributed by atoms with Crippen LogP contribution in [0.1, 0.15) is 13.8 Å². The highest BCUT2D eigenvalue weighted by Gasteiger charge is 2.22. The molecule has 0 radical (unpaired) electrons. The molecule has 1 aromatic rings. The van der Waals surface area contributed by atoms with Gasteiger partial charge in [0.2, 0.25) is 10.0 Å². The van der Waals surface area contributed by atoms with E-state index in [0.29, 0.717) is 11.4 Å². The van der Waals surface area contributed by atoms with Gasteiger partial charge in [0.15, 0.2) is 0 Å². The first-order valence-electron chi connectivity index (χ1n) is 7.64. The molecule has 5 nitrogen and oxygen atoms in total. The summed E-state index contributed by atoms with van der Waals surface area (Å²) in [6, 6.07) is 6.89. The molecule has 1 N–H and O–H groups in total. The summed E-state index contributed by atoms with van der Waals surface area (Å²) in [5.74, 6) is 0. The molecule has 1 aliphatic heterocycles. The lowest BCUT2D eigenvalue weighted by atomic mass is 10.2. The first-order valence-corrected chi connectivity index (χ1v) is 9.91. The summed E-state index contributed by atoms with van der Waals surface area (Å²) in [4.78, 5) is 5.06. The van der Waals surface area contributed by atoms with E-state index in [4.69, 9.17) is 0 Å². The van der Waals surface area contributed by atoms with Crippen LogP contribution in [-0.2, 0) is 10.0 Å². The molecule has 1 atom stereocenters. The average Bonchev–Trinajstić information content (AvgIpc) is 2.53. The SMILES string of the molecule is CCN1CCN([C@@H](C)CNS(=O)(=O)c2ccc(Br)cc2)CC1. The molecule has 1 heterocycles. The molecule has 124 valence electrons. The number of hydrogen-bond donors (Lipinski definition) is 1. The van der Waals surface area contributed by atoms with E-state index in [0.717, 1.165) is 37.2 Å². The Morgan fingerprint density at radius 2 is 1.77 bits per heavy atom. The topological polar surface area (TPSA) is 52.6 Å². The first-order chi connectivity index (χ1) is 10.4. The molecule has 0 amide bonds. The Balaban J connectivity index is 1.87. The number of halogens is 1. The maximum absolute atomic E-state index is 12.3. The molecule has 1 aliphatic rings. The van der Waals surface area contributed by atoms with E-state index in [1.165, 1.54) is 0 Å². The second-order valence-corrected chi connectivity index (χ2v) is 8.31. The van der Waals surface area contributed by atoms with Crippen LogP contribution in [0, 0.1) is 0 Å². The highest BCUT2D eigenvalue weighted by molar-refractivity contribution is 9.10. The summed E-state index contributed by atoms with van der Waals surface area (Å²) in [6.07, 6.45) is 0. The third kappa shape index (κ3) is 4.76. The number of nitrogens with one attached hydrogen (secondary N) is 1. The van der Waals surface area contributed by atoms with Gasteiger partial charge < -0.3 is 4.90 Å². The van der Waals surface area contributed by atoms with Gasteiger partial charge >= 0.3 is 0 Å². The van der Waals surface area contributed by atoms with Gasteiger partial charge in [-0.25, -0.2) is 13.1 Å². The van der Waals surface area contributed by atoms with E-state index in [2.05, 4.69) is 44.3 Å². The molecule has 0 bridgehead atoms. The zero-order valence-corrected chi connectivity index (χ0v) is 15.5. The van der Waals surface area contributed by atoms with Gasteiger partial charge in [0, 0.05) is 43.2 Å². The van der Waals surface area contributed by atoms with Crippen molar-refractivity contribution in [3.63, 3.8) is 0 Å². The molecule has 1 aromatic carbocycles. The van der Waals surface area contributed by atoms with Gasteiger partial charge in [0.05, 0.1) is 4.90 Å². The van der Waals surface area contributed by atoms with Crippen LogP contribution in [0.3, 0.4) is 0 Å². The number of rotatable bonds is 6. The Labute approximate surface area is 141 Å². The van der Waals surface area contributed by atoms with Crippen molar-refractivity contribution in [1.29, 1.82) is 0 Å². The Morgan fingerprint density at radius 3 is 2.32 bits per heavy atom. The summed E-state index contributed by atoms with van der Waals surface area (Å²) >= 11 is 3.31. The number of sulfonamides is 1. The molecular formula is C15H24BrN3O2S. The van der Waals surface area contributed by atoms with Crippen molar-refractivity contribution in [3.05, 3.63) is 28.7 Å². The Morgan fingerprint density at radius 1 is 1.18 bits per heavy atom. The lowest BCUT2D eigenvalue weighted by Crippen LogP contribution is -2.52. The van der Waals surface area contributed by atoms with Gasteiger partial charge in [0.25, 0.3) is 0 Å². The summed E-state index contributed by atoms with van der Waals surface area (Å²) in [6.45, 7) is 9.87. The molecule has 0 spiro atoms. The van der Waals surface area contributed by atoms with Crippen LogP contribution in [0.4, 0.5) is 0 Å². The second kappa shape index (κ2) is 7.88. The fraction of sp³-hybridized carbons (Fsp3) is 0.600. The van der Waals surface area contributed by atoms with Gasteiger partial charge in [-0.2, -0.15) is 0 Å². The number of likely N-dealkylation sites (N-methyl/N-ethyl adjacent to an activating group) is 1. The molecule has 1 fully saturated rings. The highest BCUT2D eigenvalue weighted by atomic mass is 79.9. The van der Waals surface area contributed by atoms with E-state index in [9.17, 15) is 8.42 Å². The molecule has 0 aromatic heterocycles. The number of benzene rings is 1. The van der Waals surface area contributed by atoms with Crippen LogP contribution in [0.15, 0.2) is 33.6 Å². The standard InChI is InChI=1S/C15H24BrN3O2S/c1-3-18-8-10-19(11-9-18)13(2)12-17-22(20,21)15-6-4-14(16)5-7-15/h4-7,13,17H,3,8-12H2,1-2H3/t13-/m0/s1. The summed E-state index contributed by atoms with van der Waals surface area (Å²) in [7, 11) is -3.43. The van der Waals surface area contributed by atoms with Crippen molar-refractivity contribution < 1.29 is 8.42 Å². The van der Waals surface area contributed by atoms with Crippen LogP contribution in [-0.4, -0.2) is 63.5 Å². The first kappa shape index (κ1) is 17.9. The predicted octanol–water partition coefficient (Wildman–Crippen LogP) is 1.75. The highest BCUT2D eigenvalue weighted by Crippen LogP contribution is 2.14. The third-order valence-corrected chi connectivity index (χ3v) is 6.14. The Bertz CT molecular complexity index is 569. The number of hydrogen-bond acceptors (Lipinski definition) is 4. The second-order valence-electron chi connectivity index (χ2n) is 5.63. The smallest absolute Gasteiger partial charge is 0.240 e. The van der Waals surface area contributed by atoms with Crippen molar-refractivity contribution in [2.75, 3.05) is 39.3 Å². The fourth-order valence-corrected chi connectivity index (χ4v) is 3.96. The van der Waals surface area contributed by atoms with Crippen molar-refractivity contribution in [3.8, 4) is 0 Å². The molecule has 1 saturated heterocycles. The van der Waals surface area contributed by atoms with Crippen LogP contribution in [0.25, 0.3) is 0 Å². The minimum atomic E-state index is -3.43. The maximum Gasteiger partial charge on any atom is 0.240 e. The van der Waals surface area contributed by atoms with Crippen molar-refractivity contribution >= 4 is 26.0 Å². The van der Waals surface area contributed by atoms with Gasteiger partial charge in [-0.3, -0.25) is 4.90 Å². The molecular weight excluding hydrogens is 366 g/mol. The Hall–Kier alpha value is -0.470. The summed E-state index contributed by atoms with van der Waals surface area (Å²) in [5, 5.41) is 0. The minimum Gasteiger partial charge on any atom is -0.301 e. The van der Waals surface area contributed by atoms with E-state index in [1.807, 2.05) is 0 Å². The summed E-state index contributed by atoms with van der Waals surface area (Å²) in [5.41, 5.74) is 0. The minimum absolute atomic E-state index is 0.198. The van der Waals surface area contributed by atoms with Gasteiger partial charge in [-0.1, -0.05) is 22.9 Å². The lowest BCUT2D eigenvalue weighted by molar-refractivity contribution is 0.107.